The second-order valence-electron chi connectivity index (χ2n) is 5.96. The number of anilines is 3. The first-order valence-electron chi connectivity index (χ1n) is 8.25. The molecule has 0 amide bonds. The molecule has 2 N–H and O–H groups in total. The second-order valence-corrected chi connectivity index (χ2v) is 5.96. The van der Waals surface area contributed by atoms with Crippen molar-refractivity contribution >= 4 is 17.3 Å². The number of methoxy groups -OCH3 is 2. The highest BCUT2D eigenvalue weighted by Gasteiger charge is 2.07. The van der Waals surface area contributed by atoms with Crippen LogP contribution in [0.4, 0.5) is 17.3 Å². The van der Waals surface area contributed by atoms with Crippen LogP contribution in [-0.4, -0.2) is 56.3 Å². The molecule has 0 saturated heterocycles. The van der Waals surface area contributed by atoms with E-state index in [4.69, 9.17) is 9.47 Å². The summed E-state index contributed by atoms with van der Waals surface area (Å²) in [5, 5.41) is 6.63. The van der Waals surface area contributed by atoms with Crippen LogP contribution >= 0.6 is 0 Å². The molecule has 0 aliphatic rings. The molecule has 2 rings (SSSR count). The number of hydrogen-bond acceptors (Lipinski definition) is 7. The Balaban J connectivity index is 2.06. The van der Waals surface area contributed by atoms with Gasteiger partial charge in [-0.1, -0.05) is 0 Å². The highest BCUT2D eigenvalue weighted by molar-refractivity contribution is 5.63. The van der Waals surface area contributed by atoms with E-state index in [2.05, 4.69) is 39.6 Å². The maximum atomic E-state index is 5.33. The van der Waals surface area contributed by atoms with Gasteiger partial charge in [-0.15, -0.1) is 0 Å². The minimum absolute atomic E-state index is 0.667. The predicted molar refractivity (Wildman–Crippen MR) is 101 cm³/mol. The van der Waals surface area contributed by atoms with Crippen molar-refractivity contribution in [2.45, 2.75) is 13.3 Å². The van der Waals surface area contributed by atoms with Crippen molar-refractivity contribution in [3.63, 3.8) is 0 Å². The number of ether oxygens (including phenoxy) is 2. The van der Waals surface area contributed by atoms with Gasteiger partial charge < -0.3 is 25.0 Å². The lowest BCUT2D eigenvalue weighted by Crippen LogP contribution is -2.16. The lowest BCUT2D eigenvalue weighted by atomic mass is 10.2. The monoisotopic (exact) mass is 345 g/mol. The predicted octanol–water partition coefficient (Wildman–Crippen LogP) is 2.91. The molecule has 25 heavy (non-hydrogen) atoms. The number of aromatic nitrogens is 2. The van der Waals surface area contributed by atoms with Crippen molar-refractivity contribution < 1.29 is 9.47 Å². The van der Waals surface area contributed by atoms with E-state index >= 15 is 0 Å². The fourth-order valence-electron chi connectivity index (χ4n) is 2.40. The summed E-state index contributed by atoms with van der Waals surface area (Å²) < 4.78 is 10.6. The number of benzene rings is 1. The zero-order valence-corrected chi connectivity index (χ0v) is 15.6. The molecule has 1 aromatic carbocycles. The zero-order chi connectivity index (χ0) is 18.2. The molecule has 0 bridgehead atoms. The van der Waals surface area contributed by atoms with Crippen molar-refractivity contribution in [1.82, 2.24) is 14.9 Å². The van der Waals surface area contributed by atoms with Crippen LogP contribution in [0.2, 0.25) is 0 Å². The molecule has 0 saturated carbocycles. The SMILES string of the molecule is COc1ccc(Nc2cc(NCCCN(C)C)nc(C)n2)cc1OC. The highest BCUT2D eigenvalue weighted by Crippen LogP contribution is 2.31. The minimum Gasteiger partial charge on any atom is -0.493 e. The van der Waals surface area contributed by atoms with E-state index in [1.165, 1.54) is 0 Å². The minimum atomic E-state index is 0.667. The Hall–Kier alpha value is -2.54. The third kappa shape index (κ3) is 5.79. The number of rotatable bonds is 9. The van der Waals surface area contributed by atoms with E-state index in [-0.39, 0.29) is 0 Å². The van der Waals surface area contributed by atoms with Crippen molar-refractivity contribution in [2.24, 2.45) is 0 Å². The third-order valence-corrected chi connectivity index (χ3v) is 3.58. The second kappa shape index (κ2) is 9.08. The summed E-state index contributed by atoms with van der Waals surface area (Å²) in [6.45, 7) is 3.78. The standard InChI is InChI=1S/C18H27N5O2/c1-13-20-17(19-9-6-10-23(2)3)12-18(21-13)22-14-7-8-15(24-4)16(11-14)25-5/h7-8,11-12H,6,9-10H2,1-5H3,(H2,19,20,21,22). The van der Waals surface area contributed by atoms with Gasteiger partial charge in [0.1, 0.15) is 17.5 Å². The third-order valence-electron chi connectivity index (χ3n) is 3.58. The van der Waals surface area contributed by atoms with Gasteiger partial charge in [0.2, 0.25) is 0 Å². The quantitative estimate of drug-likeness (QED) is 0.677. The van der Waals surface area contributed by atoms with Gasteiger partial charge in [0, 0.05) is 24.4 Å². The van der Waals surface area contributed by atoms with E-state index in [1.54, 1.807) is 14.2 Å². The van der Waals surface area contributed by atoms with Crippen molar-refractivity contribution in [3.8, 4) is 11.5 Å². The van der Waals surface area contributed by atoms with Gasteiger partial charge in [0.15, 0.2) is 11.5 Å². The zero-order valence-electron chi connectivity index (χ0n) is 15.6. The average molecular weight is 345 g/mol. The Labute approximate surface area is 149 Å². The number of aryl methyl sites for hydroxylation is 1. The number of nitrogens with one attached hydrogen (secondary N) is 2. The molecule has 136 valence electrons. The van der Waals surface area contributed by atoms with Crippen LogP contribution < -0.4 is 20.1 Å². The Morgan fingerprint density at radius 1 is 1.00 bits per heavy atom. The van der Waals surface area contributed by atoms with Gasteiger partial charge in [0.25, 0.3) is 0 Å². The molecule has 0 unspecified atom stereocenters. The molecule has 0 spiro atoms. The van der Waals surface area contributed by atoms with Gasteiger partial charge in [0.05, 0.1) is 14.2 Å². The van der Waals surface area contributed by atoms with Gasteiger partial charge in [-0.2, -0.15) is 0 Å². The van der Waals surface area contributed by atoms with Crippen LogP contribution in [0.15, 0.2) is 24.3 Å². The van der Waals surface area contributed by atoms with E-state index in [1.807, 2.05) is 31.2 Å². The smallest absolute Gasteiger partial charge is 0.162 e. The van der Waals surface area contributed by atoms with Crippen LogP contribution in [0.25, 0.3) is 0 Å². The molecule has 1 heterocycles. The van der Waals surface area contributed by atoms with E-state index in [0.717, 1.165) is 36.8 Å². The van der Waals surface area contributed by atoms with Gasteiger partial charge in [-0.25, -0.2) is 9.97 Å². The van der Waals surface area contributed by atoms with E-state index in [9.17, 15) is 0 Å². The van der Waals surface area contributed by atoms with Gasteiger partial charge >= 0.3 is 0 Å². The summed E-state index contributed by atoms with van der Waals surface area (Å²) in [5.41, 5.74) is 0.870. The lowest BCUT2D eigenvalue weighted by Gasteiger charge is -2.13. The molecule has 7 heteroatoms. The van der Waals surface area contributed by atoms with E-state index < -0.39 is 0 Å². The average Bonchev–Trinajstić information content (AvgIpc) is 2.58. The maximum absolute atomic E-state index is 5.33. The van der Waals surface area contributed by atoms with Crippen LogP contribution in [0.5, 0.6) is 11.5 Å². The Kier molecular flexibility index (Phi) is 6.82. The van der Waals surface area contributed by atoms with E-state index in [0.29, 0.717) is 17.3 Å². The molecule has 0 aliphatic carbocycles. The molecule has 1 aromatic heterocycles. The summed E-state index contributed by atoms with van der Waals surface area (Å²) in [5.74, 6) is 3.61. The van der Waals surface area contributed by atoms with Crippen LogP contribution in [-0.2, 0) is 0 Å². The molecule has 0 aliphatic heterocycles. The molecule has 0 radical (unpaired) electrons. The molecular weight excluding hydrogens is 318 g/mol. The van der Waals surface area contributed by atoms with Gasteiger partial charge in [-0.05, 0) is 46.1 Å². The fraction of sp³-hybridized carbons (Fsp3) is 0.444. The number of nitrogens with zero attached hydrogens (tertiary/aromatic N) is 3. The van der Waals surface area contributed by atoms with Gasteiger partial charge in [-0.3, -0.25) is 0 Å². The molecule has 2 aromatic rings. The first kappa shape index (κ1) is 18.8. The Bertz CT molecular complexity index is 691. The fourth-order valence-corrected chi connectivity index (χ4v) is 2.40. The summed E-state index contributed by atoms with van der Waals surface area (Å²) in [6, 6.07) is 7.55. The molecular formula is C18H27N5O2. The summed E-state index contributed by atoms with van der Waals surface area (Å²) in [4.78, 5) is 11.0. The molecule has 0 atom stereocenters. The normalized spacial score (nSPS) is 10.6. The Morgan fingerprint density at radius 3 is 2.40 bits per heavy atom. The van der Waals surface area contributed by atoms with Crippen molar-refractivity contribution in [3.05, 3.63) is 30.1 Å². The van der Waals surface area contributed by atoms with Crippen molar-refractivity contribution in [1.29, 1.82) is 0 Å². The molecule has 7 nitrogen and oxygen atoms in total. The topological polar surface area (TPSA) is 71.5 Å². The largest absolute Gasteiger partial charge is 0.493 e. The summed E-state index contributed by atoms with van der Waals surface area (Å²) in [6.07, 6.45) is 1.05. The lowest BCUT2D eigenvalue weighted by molar-refractivity contribution is 0.355. The van der Waals surface area contributed by atoms with Crippen molar-refractivity contribution in [2.75, 3.05) is 52.0 Å². The first-order valence-corrected chi connectivity index (χ1v) is 8.25. The van der Waals surface area contributed by atoms with Crippen LogP contribution in [0.1, 0.15) is 12.2 Å². The molecule has 0 fully saturated rings. The maximum Gasteiger partial charge on any atom is 0.162 e. The van der Waals surface area contributed by atoms with Crippen LogP contribution in [0, 0.1) is 6.92 Å². The summed E-state index contributed by atoms with van der Waals surface area (Å²) in [7, 11) is 7.37. The Morgan fingerprint density at radius 2 is 1.72 bits per heavy atom. The summed E-state index contributed by atoms with van der Waals surface area (Å²) >= 11 is 0. The number of hydrogen-bond donors (Lipinski definition) is 2. The van der Waals surface area contributed by atoms with Crippen LogP contribution in [0.3, 0.4) is 0 Å². The highest BCUT2D eigenvalue weighted by atomic mass is 16.5. The first-order chi connectivity index (χ1) is 12.0.